The van der Waals surface area contributed by atoms with Gasteiger partial charge in [-0.2, -0.15) is 0 Å². The average Bonchev–Trinajstić information content (AvgIpc) is 2.41. The molecule has 0 aliphatic carbocycles. The number of rotatable bonds is 5. The maximum Gasteiger partial charge on any atom is 0.127 e. The highest BCUT2D eigenvalue weighted by Crippen LogP contribution is 2.23. The quantitative estimate of drug-likeness (QED) is 0.883. The Kier molecular flexibility index (Phi) is 6.36. The number of hydrogen-bond acceptors (Lipinski definition) is 3. The molecule has 0 unspecified atom stereocenters. The van der Waals surface area contributed by atoms with Crippen LogP contribution < -0.4 is 10.5 Å². The van der Waals surface area contributed by atoms with Gasteiger partial charge in [-0.1, -0.05) is 30.3 Å². The van der Waals surface area contributed by atoms with E-state index in [2.05, 4.69) is 0 Å². The number of halogens is 1. The lowest BCUT2D eigenvalue weighted by Crippen LogP contribution is -2.11. The summed E-state index contributed by atoms with van der Waals surface area (Å²) < 4.78 is 5.68. The molecule has 0 bridgehead atoms. The molecule has 19 heavy (non-hydrogen) atoms. The highest BCUT2D eigenvalue weighted by Gasteiger charge is 2.05. The van der Waals surface area contributed by atoms with Gasteiger partial charge in [0, 0.05) is 12.6 Å². The van der Waals surface area contributed by atoms with Crippen molar-refractivity contribution < 1.29 is 9.84 Å². The molecule has 0 aliphatic heterocycles. The van der Waals surface area contributed by atoms with Crippen molar-refractivity contribution in [1.29, 1.82) is 0 Å². The van der Waals surface area contributed by atoms with E-state index >= 15 is 0 Å². The fourth-order valence-corrected chi connectivity index (χ4v) is 1.71. The topological polar surface area (TPSA) is 55.5 Å². The minimum atomic E-state index is -0.124. The molecule has 102 valence electrons. The van der Waals surface area contributed by atoms with E-state index in [9.17, 15) is 0 Å². The summed E-state index contributed by atoms with van der Waals surface area (Å²) in [6, 6.07) is 17.1. The largest absolute Gasteiger partial charge is 0.457 e. The summed E-state index contributed by atoms with van der Waals surface area (Å²) >= 11 is 0. The Hall–Kier alpha value is -1.55. The summed E-state index contributed by atoms with van der Waals surface area (Å²) in [7, 11) is 0. The molecule has 0 fully saturated rings. The molecule has 0 radical (unpaired) electrons. The number of aliphatic hydroxyl groups excluding tert-OH is 1. The summed E-state index contributed by atoms with van der Waals surface area (Å²) in [5, 5.41) is 8.84. The molecular weight excluding hydrogens is 262 g/mol. The number of ether oxygens (including phenoxy) is 1. The molecule has 0 amide bonds. The molecule has 2 rings (SSSR count). The van der Waals surface area contributed by atoms with Crippen molar-refractivity contribution in [1.82, 2.24) is 0 Å². The third kappa shape index (κ3) is 4.56. The standard InChI is InChI=1S/C15H17NO2.ClH/c16-15(10-11-17)12-6-8-14(9-7-12)18-13-4-2-1-3-5-13;/h1-9,15,17H,10-11,16H2;1H/t15-;/m1./s1. The Morgan fingerprint density at radius 3 is 2.11 bits per heavy atom. The molecule has 2 aromatic rings. The van der Waals surface area contributed by atoms with Crippen LogP contribution in [0.2, 0.25) is 0 Å². The van der Waals surface area contributed by atoms with Crippen LogP contribution in [0, 0.1) is 0 Å². The first-order valence-corrected chi connectivity index (χ1v) is 5.99. The first-order chi connectivity index (χ1) is 8.79. The third-order valence-electron chi connectivity index (χ3n) is 2.73. The molecular formula is C15H18ClNO2. The van der Waals surface area contributed by atoms with Crippen molar-refractivity contribution >= 4 is 12.4 Å². The van der Waals surface area contributed by atoms with Crippen molar-refractivity contribution in [2.45, 2.75) is 12.5 Å². The van der Waals surface area contributed by atoms with Crippen LogP contribution in [0.1, 0.15) is 18.0 Å². The first kappa shape index (κ1) is 15.5. The van der Waals surface area contributed by atoms with E-state index in [4.69, 9.17) is 15.6 Å². The summed E-state index contributed by atoms with van der Waals surface area (Å²) in [6.07, 6.45) is 0.568. The molecule has 3 nitrogen and oxygen atoms in total. The van der Waals surface area contributed by atoms with Gasteiger partial charge >= 0.3 is 0 Å². The summed E-state index contributed by atoms with van der Waals surface area (Å²) in [5.41, 5.74) is 6.91. The second-order valence-electron chi connectivity index (χ2n) is 4.10. The molecule has 0 aliphatic rings. The van der Waals surface area contributed by atoms with Gasteiger partial charge in [0.15, 0.2) is 0 Å². The van der Waals surface area contributed by atoms with Gasteiger partial charge in [0.2, 0.25) is 0 Å². The van der Waals surface area contributed by atoms with E-state index in [1.807, 2.05) is 54.6 Å². The van der Waals surface area contributed by atoms with E-state index in [0.717, 1.165) is 17.1 Å². The van der Waals surface area contributed by atoms with Gasteiger partial charge in [-0.25, -0.2) is 0 Å². The Bertz CT molecular complexity index is 473. The Morgan fingerprint density at radius 1 is 0.947 bits per heavy atom. The number of para-hydroxylation sites is 1. The molecule has 0 spiro atoms. The van der Waals surface area contributed by atoms with Gasteiger partial charge in [-0.3, -0.25) is 0 Å². The zero-order chi connectivity index (χ0) is 12.8. The van der Waals surface area contributed by atoms with Crippen molar-refractivity contribution in [3.63, 3.8) is 0 Å². The SMILES string of the molecule is Cl.N[C@H](CCO)c1ccc(Oc2ccccc2)cc1. The molecule has 0 heterocycles. The molecule has 1 atom stereocenters. The maximum absolute atomic E-state index is 8.84. The molecule has 0 saturated heterocycles. The zero-order valence-corrected chi connectivity index (χ0v) is 11.3. The summed E-state index contributed by atoms with van der Waals surface area (Å²) in [6.45, 7) is 0.101. The van der Waals surface area contributed by atoms with Crippen molar-refractivity contribution in [3.8, 4) is 11.5 Å². The summed E-state index contributed by atoms with van der Waals surface area (Å²) in [4.78, 5) is 0. The predicted molar refractivity (Wildman–Crippen MR) is 78.8 cm³/mol. The van der Waals surface area contributed by atoms with E-state index < -0.39 is 0 Å². The van der Waals surface area contributed by atoms with Crippen LogP contribution in [0.25, 0.3) is 0 Å². The minimum Gasteiger partial charge on any atom is -0.457 e. The van der Waals surface area contributed by atoms with Crippen molar-refractivity contribution in [3.05, 3.63) is 60.2 Å². The Labute approximate surface area is 119 Å². The van der Waals surface area contributed by atoms with E-state index in [-0.39, 0.29) is 25.1 Å². The smallest absolute Gasteiger partial charge is 0.127 e. The van der Waals surface area contributed by atoms with Crippen LogP contribution in [-0.2, 0) is 0 Å². The van der Waals surface area contributed by atoms with E-state index in [0.29, 0.717) is 6.42 Å². The monoisotopic (exact) mass is 279 g/mol. The molecule has 4 heteroatoms. The number of aliphatic hydroxyl groups is 1. The van der Waals surface area contributed by atoms with Crippen LogP contribution >= 0.6 is 12.4 Å². The van der Waals surface area contributed by atoms with E-state index in [1.54, 1.807) is 0 Å². The molecule has 0 aromatic heterocycles. The lowest BCUT2D eigenvalue weighted by molar-refractivity contribution is 0.276. The normalized spacial score (nSPS) is 11.5. The fourth-order valence-electron chi connectivity index (χ4n) is 1.71. The van der Waals surface area contributed by atoms with Gasteiger partial charge in [-0.05, 0) is 36.2 Å². The Morgan fingerprint density at radius 2 is 1.53 bits per heavy atom. The van der Waals surface area contributed by atoms with Crippen LogP contribution in [0.3, 0.4) is 0 Å². The average molecular weight is 280 g/mol. The highest BCUT2D eigenvalue weighted by molar-refractivity contribution is 5.85. The molecule has 3 N–H and O–H groups in total. The fraction of sp³-hybridized carbons (Fsp3) is 0.200. The van der Waals surface area contributed by atoms with Gasteiger partial charge in [0.05, 0.1) is 0 Å². The van der Waals surface area contributed by atoms with Crippen LogP contribution in [-0.4, -0.2) is 11.7 Å². The summed E-state index contributed by atoms with van der Waals surface area (Å²) in [5.74, 6) is 1.59. The second-order valence-corrected chi connectivity index (χ2v) is 4.10. The molecule has 0 saturated carbocycles. The lowest BCUT2D eigenvalue weighted by Gasteiger charge is -2.11. The van der Waals surface area contributed by atoms with Gasteiger partial charge < -0.3 is 15.6 Å². The third-order valence-corrected chi connectivity index (χ3v) is 2.73. The van der Waals surface area contributed by atoms with Crippen LogP contribution in [0.15, 0.2) is 54.6 Å². The zero-order valence-electron chi connectivity index (χ0n) is 10.5. The van der Waals surface area contributed by atoms with Crippen molar-refractivity contribution in [2.75, 3.05) is 6.61 Å². The minimum absolute atomic E-state index is 0. The number of benzene rings is 2. The number of hydrogen-bond donors (Lipinski definition) is 2. The van der Waals surface area contributed by atoms with Crippen LogP contribution in [0.5, 0.6) is 11.5 Å². The first-order valence-electron chi connectivity index (χ1n) is 5.99. The van der Waals surface area contributed by atoms with Gasteiger partial charge in [-0.15, -0.1) is 12.4 Å². The van der Waals surface area contributed by atoms with E-state index in [1.165, 1.54) is 0 Å². The van der Waals surface area contributed by atoms with Gasteiger partial charge in [0.1, 0.15) is 11.5 Å². The molecule has 2 aromatic carbocycles. The second kappa shape index (κ2) is 7.79. The van der Waals surface area contributed by atoms with Gasteiger partial charge in [0.25, 0.3) is 0 Å². The highest BCUT2D eigenvalue weighted by atomic mass is 35.5. The van der Waals surface area contributed by atoms with Crippen LogP contribution in [0.4, 0.5) is 0 Å². The number of nitrogens with two attached hydrogens (primary N) is 1. The Balaban J connectivity index is 0.00000180. The maximum atomic E-state index is 8.84. The lowest BCUT2D eigenvalue weighted by atomic mass is 10.1. The predicted octanol–water partition coefficient (Wildman–Crippen LogP) is 3.28. The van der Waals surface area contributed by atoms with Crippen molar-refractivity contribution in [2.24, 2.45) is 5.73 Å².